The van der Waals surface area contributed by atoms with Gasteiger partial charge in [-0.3, -0.25) is 9.59 Å². The summed E-state index contributed by atoms with van der Waals surface area (Å²) in [5.41, 5.74) is 0. The summed E-state index contributed by atoms with van der Waals surface area (Å²) in [4.78, 5) is 31.8. The summed E-state index contributed by atoms with van der Waals surface area (Å²) in [6.07, 6.45) is 2.80. The van der Waals surface area contributed by atoms with Gasteiger partial charge in [0, 0.05) is 18.9 Å². The van der Waals surface area contributed by atoms with Crippen molar-refractivity contribution in [2.24, 2.45) is 0 Å². The molecule has 0 saturated carbocycles. The average Bonchev–Trinajstić information content (AvgIpc) is 2.04. The Kier molecular flexibility index (Phi) is 3.19. The molecular weight excluding hydrogens is 196 g/mol. The fourth-order valence-corrected chi connectivity index (χ4v) is 1.04. The van der Waals surface area contributed by atoms with Gasteiger partial charge in [0.2, 0.25) is 0 Å². The van der Waals surface area contributed by atoms with E-state index in [1.54, 1.807) is 0 Å². The largest absolute Gasteiger partial charge is 0.424 e. The van der Waals surface area contributed by atoms with Gasteiger partial charge < -0.3 is 4.74 Å². The standard InChI is InChI=1S/C8H7ClO4/c9-7(11)8(12)13-6-3-1-2-5(10)4-6/h4H,1-3H2. The van der Waals surface area contributed by atoms with E-state index in [1.807, 2.05) is 0 Å². The highest BCUT2D eigenvalue weighted by molar-refractivity contribution is 6.80. The molecule has 0 saturated heterocycles. The third-order valence-corrected chi connectivity index (χ3v) is 1.71. The van der Waals surface area contributed by atoms with Crippen LogP contribution in [0.25, 0.3) is 0 Å². The van der Waals surface area contributed by atoms with Crippen molar-refractivity contribution in [2.45, 2.75) is 19.3 Å². The van der Waals surface area contributed by atoms with Crippen molar-refractivity contribution in [1.82, 2.24) is 0 Å². The molecule has 0 fully saturated rings. The lowest BCUT2D eigenvalue weighted by Crippen LogP contribution is -2.14. The quantitative estimate of drug-likeness (QED) is 0.380. The molecule has 0 heterocycles. The summed E-state index contributed by atoms with van der Waals surface area (Å²) in [6.45, 7) is 0. The Morgan fingerprint density at radius 3 is 2.62 bits per heavy atom. The van der Waals surface area contributed by atoms with Crippen LogP contribution in [0.4, 0.5) is 0 Å². The Morgan fingerprint density at radius 2 is 2.08 bits per heavy atom. The van der Waals surface area contributed by atoms with Crippen LogP contribution in [-0.4, -0.2) is 17.0 Å². The summed E-state index contributed by atoms with van der Waals surface area (Å²) in [5.74, 6) is -1.02. The third-order valence-electron chi connectivity index (χ3n) is 1.55. The molecule has 0 radical (unpaired) electrons. The first-order valence-corrected chi connectivity index (χ1v) is 4.12. The molecule has 0 bridgehead atoms. The zero-order chi connectivity index (χ0) is 9.84. The van der Waals surface area contributed by atoms with Crippen LogP contribution in [0.3, 0.4) is 0 Å². The maximum absolute atomic E-state index is 10.8. The van der Waals surface area contributed by atoms with E-state index in [0.717, 1.165) is 0 Å². The predicted molar refractivity (Wildman–Crippen MR) is 43.9 cm³/mol. The molecule has 1 aliphatic carbocycles. The number of rotatable bonds is 2. The first kappa shape index (κ1) is 9.92. The predicted octanol–water partition coefficient (Wildman–Crippen LogP) is 0.932. The number of carbonyl (C=O) groups excluding carboxylic acids is 3. The van der Waals surface area contributed by atoms with Crippen LogP contribution in [0, 0.1) is 0 Å². The molecule has 0 spiro atoms. The third kappa shape index (κ3) is 2.99. The van der Waals surface area contributed by atoms with E-state index < -0.39 is 11.2 Å². The molecule has 0 aromatic carbocycles. The van der Waals surface area contributed by atoms with Gasteiger partial charge >= 0.3 is 11.2 Å². The molecule has 70 valence electrons. The molecule has 0 unspecified atom stereocenters. The van der Waals surface area contributed by atoms with E-state index in [2.05, 4.69) is 4.74 Å². The van der Waals surface area contributed by atoms with Crippen molar-refractivity contribution in [1.29, 1.82) is 0 Å². The highest BCUT2D eigenvalue weighted by Gasteiger charge is 2.17. The molecule has 1 aliphatic rings. The van der Waals surface area contributed by atoms with Gasteiger partial charge in [-0.25, -0.2) is 4.79 Å². The number of allylic oxidation sites excluding steroid dienone is 2. The SMILES string of the molecule is O=C1C=C(OC(=O)C(=O)Cl)CCC1. The molecule has 0 N–H and O–H groups in total. The Morgan fingerprint density at radius 1 is 1.38 bits per heavy atom. The second kappa shape index (κ2) is 4.18. The molecule has 0 aliphatic heterocycles. The van der Waals surface area contributed by atoms with Crippen molar-refractivity contribution in [3.63, 3.8) is 0 Å². The van der Waals surface area contributed by atoms with E-state index in [4.69, 9.17) is 11.6 Å². The Bertz CT molecular complexity index is 293. The van der Waals surface area contributed by atoms with E-state index in [-0.39, 0.29) is 11.5 Å². The zero-order valence-corrected chi connectivity index (χ0v) is 7.47. The van der Waals surface area contributed by atoms with E-state index in [0.29, 0.717) is 19.3 Å². The topological polar surface area (TPSA) is 60.4 Å². The number of ether oxygens (including phenoxy) is 1. The van der Waals surface area contributed by atoms with Crippen LogP contribution in [0.15, 0.2) is 11.8 Å². The van der Waals surface area contributed by atoms with Gasteiger partial charge in [0.15, 0.2) is 5.78 Å². The van der Waals surface area contributed by atoms with Gasteiger partial charge in [-0.05, 0) is 18.0 Å². The van der Waals surface area contributed by atoms with E-state index in [9.17, 15) is 14.4 Å². The fourth-order valence-electron chi connectivity index (χ4n) is 1.00. The molecular formula is C8H7ClO4. The summed E-state index contributed by atoms with van der Waals surface area (Å²) < 4.78 is 4.54. The number of hydrogen-bond acceptors (Lipinski definition) is 4. The van der Waals surface area contributed by atoms with Gasteiger partial charge in [0.05, 0.1) is 0 Å². The molecule has 0 aromatic rings. The molecule has 1 rings (SSSR count). The number of esters is 1. The van der Waals surface area contributed by atoms with Gasteiger partial charge in [-0.15, -0.1) is 0 Å². The zero-order valence-electron chi connectivity index (χ0n) is 6.71. The molecule has 13 heavy (non-hydrogen) atoms. The van der Waals surface area contributed by atoms with E-state index >= 15 is 0 Å². The highest BCUT2D eigenvalue weighted by atomic mass is 35.5. The second-order valence-electron chi connectivity index (χ2n) is 2.59. The molecule has 0 atom stereocenters. The highest BCUT2D eigenvalue weighted by Crippen LogP contribution is 2.16. The van der Waals surface area contributed by atoms with Crippen LogP contribution in [0.5, 0.6) is 0 Å². The van der Waals surface area contributed by atoms with Gasteiger partial charge in [-0.1, -0.05) is 0 Å². The van der Waals surface area contributed by atoms with Crippen LogP contribution in [0.2, 0.25) is 0 Å². The lowest BCUT2D eigenvalue weighted by Gasteiger charge is -2.10. The minimum absolute atomic E-state index is 0.101. The van der Waals surface area contributed by atoms with Crippen molar-refractivity contribution < 1.29 is 19.1 Å². The summed E-state index contributed by atoms with van der Waals surface area (Å²) in [6, 6.07) is 0. The number of carbonyl (C=O) groups is 3. The van der Waals surface area contributed by atoms with Crippen molar-refractivity contribution in [3.05, 3.63) is 11.8 Å². The lowest BCUT2D eigenvalue weighted by molar-refractivity contribution is -0.147. The van der Waals surface area contributed by atoms with Crippen LogP contribution in [0.1, 0.15) is 19.3 Å². The number of halogens is 1. The minimum Gasteiger partial charge on any atom is -0.424 e. The first-order chi connectivity index (χ1) is 6.09. The minimum atomic E-state index is -1.18. The maximum Gasteiger partial charge on any atom is 0.396 e. The van der Waals surface area contributed by atoms with Crippen LogP contribution >= 0.6 is 11.6 Å². The Hall–Kier alpha value is -1.16. The monoisotopic (exact) mass is 202 g/mol. The number of ketones is 1. The second-order valence-corrected chi connectivity index (χ2v) is 2.94. The maximum atomic E-state index is 10.8. The molecule has 5 heteroatoms. The Balaban J connectivity index is 2.58. The summed E-state index contributed by atoms with van der Waals surface area (Å²) in [7, 11) is 0. The fraction of sp³-hybridized carbons (Fsp3) is 0.375. The molecule has 0 amide bonds. The number of hydrogen-bond donors (Lipinski definition) is 0. The first-order valence-electron chi connectivity index (χ1n) is 3.74. The van der Waals surface area contributed by atoms with Crippen molar-refractivity contribution >= 4 is 28.6 Å². The lowest BCUT2D eigenvalue weighted by atomic mass is 10.1. The smallest absolute Gasteiger partial charge is 0.396 e. The van der Waals surface area contributed by atoms with Crippen LogP contribution in [-0.2, 0) is 19.1 Å². The molecule has 4 nitrogen and oxygen atoms in total. The van der Waals surface area contributed by atoms with Crippen molar-refractivity contribution in [2.75, 3.05) is 0 Å². The van der Waals surface area contributed by atoms with Gasteiger partial charge in [0.1, 0.15) is 5.76 Å². The molecule has 0 aromatic heterocycles. The van der Waals surface area contributed by atoms with Crippen molar-refractivity contribution in [3.8, 4) is 0 Å². The Labute approximate surface area is 79.5 Å². The van der Waals surface area contributed by atoms with Crippen LogP contribution < -0.4 is 0 Å². The van der Waals surface area contributed by atoms with Gasteiger partial charge in [-0.2, -0.15) is 0 Å². The average molecular weight is 203 g/mol. The summed E-state index contributed by atoms with van der Waals surface area (Å²) >= 11 is 4.86. The normalized spacial score (nSPS) is 16.4. The van der Waals surface area contributed by atoms with Gasteiger partial charge in [0.25, 0.3) is 0 Å². The summed E-state index contributed by atoms with van der Waals surface area (Å²) in [5, 5.41) is -1.18. The van der Waals surface area contributed by atoms with E-state index in [1.165, 1.54) is 6.08 Å².